The molecule has 1 saturated carbocycles. The van der Waals surface area contributed by atoms with Gasteiger partial charge in [-0.2, -0.15) is 0 Å². The van der Waals surface area contributed by atoms with Crippen LogP contribution in [0.25, 0.3) is 0 Å². The highest BCUT2D eigenvalue weighted by atomic mass is 31.2. The second kappa shape index (κ2) is 7.00. The molecule has 6 nitrogen and oxygen atoms in total. The van der Waals surface area contributed by atoms with Gasteiger partial charge in [0.15, 0.2) is 0 Å². The summed E-state index contributed by atoms with van der Waals surface area (Å²) in [6, 6.07) is 0.367. The Morgan fingerprint density at radius 2 is 1.73 bits per heavy atom. The second-order valence-electron chi connectivity index (χ2n) is 6.64. The molecule has 0 radical (unpaired) electrons. The minimum absolute atomic E-state index is 0.0738. The molecule has 2 saturated heterocycles. The Kier molecular flexibility index (Phi) is 5.23. The lowest BCUT2D eigenvalue weighted by Crippen LogP contribution is -2.34. The van der Waals surface area contributed by atoms with Gasteiger partial charge in [0.1, 0.15) is 0 Å². The molecule has 0 aromatic heterocycles. The van der Waals surface area contributed by atoms with Crippen LogP contribution in [0.5, 0.6) is 0 Å². The maximum absolute atomic E-state index is 13.1. The van der Waals surface area contributed by atoms with Crippen LogP contribution in [0.3, 0.4) is 0 Å². The molecule has 0 aromatic rings. The molecular formula is C15H28N3O3P. The summed E-state index contributed by atoms with van der Waals surface area (Å²) in [6.07, 6.45) is 5.85. The van der Waals surface area contributed by atoms with Crippen molar-refractivity contribution in [3.05, 3.63) is 0 Å². The largest absolute Gasteiger partial charge is 0.466 e. The van der Waals surface area contributed by atoms with Gasteiger partial charge in [0.2, 0.25) is 0 Å². The summed E-state index contributed by atoms with van der Waals surface area (Å²) in [5.41, 5.74) is 0. The third kappa shape index (κ3) is 4.10. The van der Waals surface area contributed by atoms with E-state index in [2.05, 4.69) is 14.4 Å². The van der Waals surface area contributed by atoms with Gasteiger partial charge in [0.25, 0.3) is 7.59 Å². The highest BCUT2D eigenvalue weighted by Gasteiger charge is 2.48. The molecule has 0 aromatic carbocycles. The molecule has 3 fully saturated rings. The van der Waals surface area contributed by atoms with Gasteiger partial charge >= 0.3 is 5.97 Å². The zero-order valence-corrected chi connectivity index (χ0v) is 14.4. The van der Waals surface area contributed by atoms with Crippen LogP contribution in [0.1, 0.15) is 45.4 Å². The fourth-order valence-corrected chi connectivity index (χ4v) is 6.03. The summed E-state index contributed by atoms with van der Waals surface area (Å²) in [7, 11) is -2.43. The van der Waals surface area contributed by atoms with Gasteiger partial charge in [-0.05, 0) is 44.9 Å². The Morgan fingerprint density at radius 1 is 1.14 bits per heavy atom. The summed E-state index contributed by atoms with van der Waals surface area (Å²) in [6.45, 7) is 6.19. The predicted octanol–water partition coefficient (Wildman–Crippen LogP) is 2.22. The quantitative estimate of drug-likeness (QED) is 0.419. The first-order valence-electron chi connectivity index (χ1n) is 8.66. The fourth-order valence-electron chi connectivity index (χ4n) is 3.35. The van der Waals surface area contributed by atoms with Gasteiger partial charge in [-0.1, -0.05) is 0 Å². The maximum Gasteiger partial charge on any atom is 0.305 e. The van der Waals surface area contributed by atoms with Crippen molar-refractivity contribution < 1.29 is 14.1 Å². The molecule has 0 bridgehead atoms. The molecule has 1 N–H and O–H groups in total. The van der Waals surface area contributed by atoms with E-state index in [1.807, 2.05) is 6.92 Å². The Labute approximate surface area is 133 Å². The summed E-state index contributed by atoms with van der Waals surface area (Å²) in [5, 5.41) is 3.48. The van der Waals surface area contributed by atoms with Crippen molar-refractivity contribution in [3.63, 3.8) is 0 Å². The summed E-state index contributed by atoms with van der Waals surface area (Å²) in [4.78, 5) is 11.4. The fraction of sp³-hybridized carbons (Fsp3) is 0.933. The zero-order chi connectivity index (χ0) is 15.6. The Bertz CT molecular complexity index is 427. The molecule has 0 amide bonds. The SMILES string of the molecule is CCOC(=O)CCC1CCC(NP(=O)(N2CC2)N2CC2)CC1. The molecule has 0 atom stereocenters. The Morgan fingerprint density at radius 3 is 2.23 bits per heavy atom. The smallest absolute Gasteiger partial charge is 0.305 e. The van der Waals surface area contributed by atoms with E-state index in [0.717, 1.165) is 58.3 Å². The van der Waals surface area contributed by atoms with Crippen LogP contribution in [-0.2, 0) is 14.1 Å². The summed E-state index contributed by atoms with van der Waals surface area (Å²) >= 11 is 0. The van der Waals surface area contributed by atoms with Crippen molar-refractivity contribution >= 4 is 13.6 Å². The zero-order valence-electron chi connectivity index (χ0n) is 13.5. The number of esters is 1. The number of carbonyl (C=O) groups is 1. The van der Waals surface area contributed by atoms with Gasteiger partial charge in [-0.3, -0.25) is 9.36 Å². The van der Waals surface area contributed by atoms with Crippen molar-refractivity contribution in [1.82, 2.24) is 14.4 Å². The molecule has 3 aliphatic rings. The van der Waals surface area contributed by atoms with Gasteiger partial charge < -0.3 is 4.74 Å². The van der Waals surface area contributed by atoms with Crippen LogP contribution in [0.4, 0.5) is 0 Å². The van der Waals surface area contributed by atoms with Crippen molar-refractivity contribution in [3.8, 4) is 0 Å². The molecule has 3 rings (SSSR count). The molecule has 22 heavy (non-hydrogen) atoms. The van der Waals surface area contributed by atoms with Crippen LogP contribution in [0.2, 0.25) is 0 Å². The first kappa shape index (κ1) is 16.4. The normalized spacial score (nSPS) is 29.3. The van der Waals surface area contributed by atoms with E-state index in [0.29, 0.717) is 25.0 Å². The number of nitrogens with one attached hydrogen (secondary N) is 1. The highest BCUT2D eigenvalue weighted by molar-refractivity contribution is 7.57. The van der Waals surface area contributed by atoms with Gasteiger partial charge in [-0.15, -0.1) is 0 Å². The van der Waals surface area contributed by atoms with E-state index in [-0.39, 0.29) is 5.97 Å². The second-order valence-corrected chi connectivity index (χ2v) is 9.12. The molecule has 2 aliphatic heterocycles. The minimum atomic E-state index is -2.43. The number of hydrogen-bond acceptors (Lipinski definition) is 3. The van der Waals surface area contributed by atoms with Crippen molar-refractivity contribution in [2.75, 3.05) is 32.8 Å². The van der Waals surface area contributed by atoms with Crippen LogP contribution >= 0.6 is 7.59 Å². The molecule has 0 unspecified atom stereocenters. The Hall–Kier alpha value is -0.420. The lowest BCUT2D eigenvalue weighted by Gasteiger charge is -2.32. The lowest BCUT2D eigenvalue weighted by molar-refractivity contribution is -0.143. The summed E-state index contributed by atoms with van der Waals surface area (Å²) < 4.78 is 22.2. The van der Waals surface area contributed by atoms with Crippen LogP contribution in [0, 0.1) is 5.92 Å². The third-order valence-electron chi connectivity index (χ3n) is 4.87. The number of carbonyl (C=O) groups excluding carboxylic acids is 1. The first-order valence-corrected chi connectivity index (χ1v) is 10.3. The first-order chi connectivity index (χ1) is 10.6. The standard InChI is InChI=1S/C15H28N3O3P/c1-2-21-15(19)8-5-13-3-6-14(7-4-13)16-22(20,17-9-10-17)18-11-12-18/h13-14H,2-12H2,1H3,(H,16,20). The van der Waals surface area contributed by atoms with Crippen molar-refractivity contribution in [2.45, 2.75) is 51.5 Å². The van der Waals surface area contributed by atoms with E-state index in [1.54, 1.807) is 0 Å². The van der Waals surface area contributed by atoms with Gasteiger partial charge in [0.05, 0.1) is 6.61 Å². The molecule has 2 heterocycles. The van der Waals surface area contributed by atoms with Gasteiger partial charge in [0, 0.05) is 38.6 Å². The van der Waals surface area contributed by atoms with E-state index in [4.69, 9.17) is 4.74 Å². The Balaban J connectivity index is 1.40. The third-order valence-corrected chi connectivity index (χ3v) is 7.91. The highest BCUT2D eigenvalue weighted by Crippen LogP contribution is 2.57. The van der Waals surface area contributed by atoms with E-state index >= 15 is 0 Å². The van der Waals surface area contributed by atoms with E-state index < -0.39 is 7.59 Å². The van der Waals surface area contributed by atoms with Crippen molar-refractivity contribution in [1.29, 1.82) is 0 Å². The van der Waals surface area contributed by atoms with Crippen molar-refractivity contribution in [2.24, 2.45) is 5.92 Å². The summed E-state index contributed by atoms with van der Waals surface area (Å²) in [5.74, 6) is 0.541. The molecule has 7 heteroatoms. The van der Waals surface area contributed by atoms with E-state index in [1.165, 1.54) is 0 Å². The average Bonchev–Trinajstić information content (AvgIpc) is 3.39. The van der Waals surface area contributed by atoms with Crippen LogP contribution in [0.15, 0.2) is 0 Å². The predicted molar refractivity (Wildman–Crippen MR) is 85.5 cm³/mol. The minimum Gasteiger partial charge on any atom is -0.466 e. The lowest BCUT2D eigenvalue weighted by atomic mass is 9.84. The monoisotopic (exact) mass is 329 g/mol. The topological polar surface area (TPSA) is 61.4 Å². The van der Waals surface area contributed by atoms with Crippen LogP contribution in [-0.4, -0.2) is 54.1 Å². The number of rotatable bonds is 8. The average molecular weight is 329 g/mol. The number of nitrogens with zero attached hydrogens (tertiary/aromatic N) is 2. The van der Waals surface area contributed by atoms with Gasteiger partial charge in [-0.25, -0.2) is 14.4 Å². The molecular weight excluding hydrogens is 301 g/mol. The number of hydrogen-bond donors (Lipinski definition) is 1. The van der Waals surface area contributed by atoms with E-state index in [9.17, 15) is 9.36 Å². The van der Waals surface area contributed by atoms with Crippen LogP contribution < -0.4 is 5.09 Å². The number of ether oxygens (including phenoxy) is 1. The molecule has 1 aliphatic carbocycles. The maximum atomic E-state index is 13.1. The molecule has 126 valence electrons. The molecule has 0 spiro atoms.